The lowest BCUT2D eigenvalue weighted by atomic mass is 9.85. The van der Waals surface area contributed by atoms with Crippen LogP contribution in [0.25, 0.3) is 10.8 Å². The van der Waals surface area contributed by atoms with Crippen molar-refractivity contribution in [2.75, 3.05) is 96.1 Å². The third-order valence-electron chi connectivity index (χ3n) is 9.74. The highest BCUT2D eigenvalue weighted by Gasteiger charge is 2.22. The number of ether oxygens (including phenoxy) is 7. The molecule has 0 bridgehead atoms. The van der Waals surface area contributed by atoms with Crippen LogP contribution in [0.2, 0.25) is 0 Å². The maximum atomic E-state index is 13.5. The molecule has 5 aromatic rings. The molecule has 2 amide bonds. The Morgan fingerprint density at radius 3 is 2.32 bits per heavy atom. The highest BCUT2D eigenvalue weighted by molar-refractivity contribution is 7.77. The number of benzene rings is 4. The van der Waals surface area contributed by atoms with Crippen molar-refractivity contribution in [3.05, 3.63) is 90.1 Å². The number of nitrogens with one attached hydrogen (secondary N) is 4. The molecule has 1 saturated heterocycles. The Hall–Kier alpha value is -5.60. The van der Waals surface area contributed by atoms with Crippen LogP contribution in [0.1, 0.15) is 31.9 Å². The van der Waals surface area contributed by atoms with Gasteiger partial charge in [-0.15, -0.1) is 0 Å². The normalized spacial score (nSPS) is 13.6. The SMILES string of the molecule is COc1cc(Nc2nccc(Oc3ccc(NC(=O)Nc4cc(C(C)(C)C)cc(CNS(=O)O)c4OC)c4ccccc34)n2)cc(OCCOCCOCCN2CCOCC2)c1. The number of fused-ring (bicyclic) bond motifs is 1. The number of anilines is 4. The first-order valence-electron chi connectivity index (χ1n) is 20.2. The van der Waals surface area contributed by atoms with Gasteiger partial charge in [0, 0.05) is 78.7 Å². The van der Waals surface area contributed by atoms with Gasteiger partial charge in [0.25, 0.3) is 0 Å². The summed E-state index contributed by atoms with van der Waals surface area (Å²) in [5.41, 5.74) is 2.80. The second kappa shape index (κ2) is 22.5. The molecule has 5 N–H and O–H groups in total. The van der Waals surface area contributed by atoms with E-state index in [1.807, 2.05) is 63.2 Å². The van der Waals surface area contributed by atoms with Crippen LogP contribution in [0.5, 0.6) is 28.9 Å². The highest BCUT2D eigenvalue weighted by atomic mass is 32.2. The molecule has 0 aliphatic carbocycles. The molecule has 332 valence electrons. The number of carbonyl (C=O) groups excluding carboxylic acids is 1. The fourth-order valence-electron chi connectivity index (χ4n) is 6.58. The number of rotatable bonds is 21. The summed E-state index contributed by atoms with van der Waals surface area (Å²) in [5, 5.41) is 10.5. The molecule has 1 aliphatic rings. The molecule has 1 aromatic heterocycles. The van der Waals surface area contributed by atoms with E-state index in [1.165, 1.54) is 7.11 Å². The third kappa shape index (κ3) is 13.4. The number of aromatic nitrogens is 2. The van der Waals surface area contributed by atoms with Crippen LogP contribution in [0.3, 0.4) is 0 Å². The van der Waals surface area contributed by atoms with E-state index in [0.717, 1.165) is 49.2 Å². The van der Waals surface area contributed by atoms with Gasteiger partial charge in [-0.25, -0.2) is 18.7 Å². The average Bonchev–Trinajstić information content (AvgIpc) is 3.25. The van der Waals surface area contributed by atoms with Crippen molar-refractivity contribution in [3.8, 4) is 28.9 Å². The van der Waals surface area contributed by atoms with E-state index in [2.05, 4.69) is 35.5 Å². The third-order valence-corrected chi connectivity index (χ3v) is 10.1. The molecule has 1 fully saturated rings. The summed E-state index contributed by atoms with van der Waals surface area (Å²) in [6.45, 7) is 12.9. The second-order valence-electron chi connectivity index (χ2n) is 15.1. The number of urea groups is 1. The van der Waals surface area contributed by atoms with Gasteiger partial charge in [-0.3, -0.25) is 9.45 Å². The minimum Gasteiger partial charge on any atom is -0.497 e. The minimum atomic E-state index is -2.23. The molecule has 17 nitrogen and oxygen atoms in total. The summed E-state index contributed by atoms with van der Waals surface area (Å²) in [4.78, 5) is 24.9. The fourth-order valence-corrected chi connectivity index (χ4v) is 6.86. The van der Waals surface area contributed by atoms with E-state index in [1.54, 1.807) is 43.6 Å². The molecule has 1 aliphatic heterocycles. The number of hydrogen-bond acceptors (Lipinski definition) is 13. The van der Waals surface area contributed by atoms with E-state index in [4.69, 9.17) is 33.2 Å². The zero-order valence-electron chi connectivity index (χ0n) is 35.7. The van der Waals surface area contributed by atoms with Crippen LogP contribution in [0.15, 0.2) is 79.0 Å². The Kier molecular flexibility index (Phi) is 16.6. The monoisotopic (exact) mass is 873 g/mol. The van der Waals surface area contributed by atoms with Crippen molar-refractivity contribution in [1.82, 2.24) is 19.6 Å². The van der Waals surface area contributed by atoms with Gasteiger partial charge < -0.3 is 49.1 Å². The molecule has 0 saturated carbocycles. The van der Waals surface area contributed by atoms with Crippen LogP contribution in [-0.4, -0.2) is 110 Å². The van der Waals surface area contributed by atoms with Crippen molar-refractivity contribution >= 4 is 51.1 Å². The van der Waals surface area contributed by atoms with Crippen LogP contribution >= 0.6 is 0 Å². The molecular formula is C44H55N7O10S. The summed E-state index contributed by atoms with van der Waals surface area (Å²) in [5.74, 6) is 2.61. The Balaban J connectivity index is 1.06. The summed E-state index contributed by atoms with van der Waals surface area (Å²) in [6.07, 6.45) is 1.59. The van der Waals surface area contributed by atoms with Crippen molar-refractivity contribution in [2.24, 2.45) is 0 Å². The first-order chi connectivity index (χ1) is 30.0. The Morgan fingerprint density at radius 1 is 0.855 bits per heavy atom. The summed E-state index contributed by atoms with van der Waals surface area (Å²) in [6, 6.07) is 21.3. The van der Waals surface area contributed by atoms with E-state index in [-0.39, 0.29) is 23.8 Å². The van der Waals surface area contributed by atoms with Gasteiger partial charge >= 0.3 is 6.03 Å². The summed E-state index contributed by atoms with van der Waals surface area (Å²) in [7, 11) is 3.06. The van der Waals surface area contributed by atoms with Crippen LogP contribution < -0.4 is 39.6 Å². The molecule has 6 rings (SSSR count). The Morgan fingerprint density at radius 2 is 1.58 bits per heavy atom. The number of hydrogen-bond donors (Lipinski definition) is 5. The number of carbonyl (C=O) groups is 1. The van der Waals surface area contributed by atoms with Crippen LogP contribution in [0.4, 0.5) is 27.8 Å². The van der Waals surface area contributed by atoms with Gasteiger partial charge in [0.2, 0.25) is 23.1 Å². The van der Waals surface area contributed by atoms with Gasteiger partial charge in [-0.1, -0.05) is 51.1 Å². The lowest BCUT2D eigenvalue weighted by molar-refractivity contribution is 0.00519. The quantitative estimate of drug-likeness (QED) is 0.0370. The van der Waals surface area contributed by atoms with Gasteiger partial charge in [-0.05, 0) is 29.2 Å². The molecule has 0 radical (unpaired) electrons. The van der Waals surface area contributed by atoms with E-state index in [9.17, 15) is 13.6 Å². The predicted octanol–water partition coefficient (Wildman–Crippen LogP) is 7.09. The van der Waals surface area contributed by atoms with Gasteiger partial charge in [0.15, 0.2) is 0 Å². The van der Waals surface area contributed by atoms with E-state index < -0.39 is 17.3 Å². The number of morpholine rings is 1. The van der Waals surface area contributed by atoms with Gasteiger partial charge in [-0.2, -0.15) is 4.98 Å². The van der Waals surface area contributed by atoms with Crippen molar-refractivity contribution in [3.63, 3.8) is 0 Å². The van der Waals surface area contributed by atoms with Crippen molar-refractivity contribution in [1.29, 1.82) is 0 Å². The summed E-state index contributed by atoms with van der Waals surface area (Å²) < 4.78 is 63.5. The lowest BCUT2D eigenvalue weighted by Crippen LogP contribution is -2.38. The number of nitrogens with zero attached hydrogens (tertiary/aromatic N) is 3. The molecule has 1 atom stereocenters. The van der Waals surface area contributed by atoms with Crippen LogP contribution in [0, 0.1) is 0 Å². The van der Waals surface area contributed by atoms with Crippen molar-refractivity contribution in [2.45, 2.75) is 32.7 Å². The molecule has 4 aromatic carbocycles. The molecule has 1 unspecified atom stereocenters. The predicted molar refractivity (Wildman–Crippen MR) is 239 cm³/mol. The van der Waals surface area contributed by atoms with E-state index >= 15 is 0 Å². The first-order valence-corrected chi connectivity index (χ1v) is 21.3. The summed E-state index contributed by atoms with van der Waals surface area (Å²) >= 11 is -2.23. The molecule has 18 heteroatoms. The maximum Gasteiger partial charge on any atom is 0.323 e. The minimum absolute atomic E-state index is 0.0457. The zero-order valence-corrected chi connectivity index (χ0v) is 36.5. The lowest BCUT2D eigenvalue weighted by Gasteiger charge is -2.26. The van der Waals surface area contributed by atoms with E-state index in [0.29, 0.717) is 78.7 Å². The zero-order chi connectivity index (χ0) is 43.9. The molecule has 62 heavy (non-hydrogen) atoms. The molecule has 2 heterocycles. The Bertz CT molecular complexity index is 2290. The largest absolute Gasteiger partial charge is 0.497 e. The number of methoxy groups -OCH3 is 2. The fraction of sp³-hybridized carbons (Fsp3) is 0.386. The highest BCUT2D eigenvalue weighted by Crippen LogP contribution is 2.37. The second-order valence-corrected chi connectivity index (χ2v) is 15.9. The van der Waals surface area contributed by atoms with Crippen LogP contribution in [-0.2, 0) is 37.4 Å². The van der Waals surface area contributed by atoms with Crippen molar-refractivity contribution < 1.29 is 46.7 Å². The molecular weight excluding hydrogens is 819 g/mol. The average molecular weight is 874 g/mol. The topological polar surface area (TPSA) is 196 Å². The van der Waals surface area contributed by atoms with Gasteiger partial charge in [0.1, 0.15) is 29.6 Å². The van der Waals surface area contributed by atoms with Gasteiger partial charge in [0.05, 0.1) is 65.2 Å². The standard InChI is InChI=1S/C44H55N7O10S/c1-44(2,3)31-24-30(29-46-62(53)54)41(56-5)38(25-31)49-43(52)48-37-10-11-39(36-9-7-6-8-35(36)37)61-40-12-13-45-42(50-40)47-32-26-33(55-4)28-34(27-32)60-23-22-59-21-20-58-19-16-51-14-17-57-18-15-51/h6-13,24-28,46H,14-23,29H2,1-5H3,(H,53,54)(H,45,47,50)(H2,48,49,52). The molecule has 0 spiro atoms. The smallest absolute Gasteiger partial charge is 0.323 e. The first kappa shape index (κ1) is 45.9. The number of amides is 2. The maximum absolute atomic E-state index is 13.5. The Labute approximate surface area is 364 Å².